The van der Waals surface area contributed by atoms with Crippen molar-refractivity contribution in [3.63, 3.8) is 0 Å². The van der Waals surface area contributed by atoms with Crippen molar-refractivity contribution in [1.29, 1.82) is 0 Å². The molecule has 3 rings (SSSR count). The Hall–Kier alpha value is -1.33. The van der Waals surface area contributed by atoms with Crippen molar-refractivity contribution in [2.45, 2.75) is 19.4 Å². The summed E-state index contributed by atoms with van der Waals surface area (Å²) in [5, 5.41) is 6.31. The zero-order chi connectivity index (χ0) is 13.2. The lowest BCUT2D eigenvalue weighted by atomic mass is 10.0. The zero-order valence-electron chi connectivity index (χ0n) is 10.2. The van der Waals surface area contributed by atoms with Crippen molar-refractivity contribution in [3.8, 4) is 0 Å². The van der Waals surface area contributed by atoms with Gasteiger partial charge in [-0.05, 0) is 58.2 Å². The molecule has 0 unspecified atom stereocenters. The molecule has 3 nitrogen and oxygen atoms in total. The first-order valence-electron chi connectivity index (χ1n) is 6.11. The van der Waals surface area contributed by atoms with Gasteiger partial charge in [-0.25, -0.2) is 0 Å². The van der Waals surface area contributed by atoms with Crippen molar-refractivity contribution in [2.75, 3.05) is 10.6 Å². The number of aryl methyl sites for hydroxylation is 1. The SMILES string of the molecule is O=C1CCc2cc(NCc3ccc(Br)s3)ccc2N1. The number of fused-ring (bicyclic) bond motifs is 1. The molecule has 5 heteroatoms. The van der Waals surface area contributed by atoms with E-state index in [2.05, 4.69) is 44.8 Å². The molecule has 0 spiro atoms. The van der Waals surface area contributed by atoms with E-state index in [1.807, 2.05) is 12.1 Å². The van der Waals surface area contributed by atoms with Gasteiger partial charge < -0.3 is 10.6 Å². The minimum Gasteiger partial charge on any atom is -0.380 e. The second-order valence-corrected chi connectivity index (χ2v) is 7.03. The highest BCUT2D eigenvalue weighted by Gasteiger charge is 2.14. The first-order valence-corrected chi connectivity index (χ1v) is 7.72. The van der Waals surface area contributed by atoms with E-state index in [0.29, 0.717) is 6.42 Å². The molecular formula is C14H13BrN2OS. The van der Waals surface area contributed by atoms with Gasteiger partial charge in [-0.2, -0.15) is 0 Å². The van der Waals surface area contributed by atoms with Gasteiger partial charge in [-0.1, -0.05) is 0 Å². The van der Waals surface area contributed by atoms with Gasteiger partial charge in [0.1, 0.15) is 0 Å². The Morgan fingerprint density at radius 2 is 2.16 bits per heavy atom. The fraction of sp³-hybridized carbons (Fsp3) is 0.214. The van der Waals surface area contributed by atoms with E-state index < -0.39 is 0 Å². The van der Waals surface area contributed by atoms with Crippen molar-refractivity contribution in [2.24, 2.45) is 0 Å². The predicted molar refractivity (Wildman–Crippen MR) is 82.7 cm³/mol. The predicted octanol–water partition coefficient (Wildman–Crippen LogP) is 4.01. The number of benzene rings is 1. The van der Waals surface area contributed by atoms with E-state index in [-0.39, 0.29) is 5.91 Å². The van der Waals surface area contributed by atoms with Crippen molar-refractivity contribution in [1.82, 2.24) is 0 Å². The average molecular weight is 337 g/mol. The summed E-state index contributed by atoms with van der Waals surface area (Å²) in [6.45, 7) is 0.821. The van der Waals surface area contributed by atoms with Crippen LogP contribution in [0.1, 0.15) is 16.9 Å². The van der Waals surface area contributed by atoms with Crippen molar-refractivity contribution < 1.29 is 4.79 Å². The molecule has 19 heavy (non-hydrogen) atoms. The number of hydrogen-bond acceptors (Lipinski definition) is 3. The lowest BCUT2D eigenvalue weighted by Gasteiger charge is -2.17. The Morgan fingerprint density at radius 1 is 1.26 bits per heavy atom. The number of hydrogen-bond donors (Lipinski definition) is 2. The Balaban J connectivity index is 1.70. The molecule has 0 bridgehead atoms. The van der Waals surface area contributed by atoms with Crippen LogP contribution in [0, 0.1) is 0 Å². The summed E-state index contributed by atoms with van der Waals surface area (Å²) in [4.78, 5) is 12.6. The highest BCUT2D eigenvalue weighted by molar-refractivity contribution is 9.11. The normalized spacial score (nSPS) is 13.8. The number of halogens is 1. The number of carbonyl (C=O) groups excluding carboxylic acids is 1. The maximum atomic E-state index is 11.3. The number of nitrogens with one attached hydrogen (secondary N) is 2. The van der Waals surface area contributed by atoms with Gasteiger partial charge in [0.2, 0.25) is 5.91 Å². The molecule has 2 aromatic rings. The quantitative estimate of drug-likeness (QED) is 0.889. The highest BCUT2D eigenvalue weighted by atomic mass is 79.9. The van der Waals surface area contributed by atoms with Crippen LogP contribution >= 0.6 is 27.3 Å². The van der Waals surface area contributed by atoms with Crippen LogP contribution in [0.4, 0.5) is 11.4 Å². The Labute approximate surface area is 124 Å². The van der Waals surface area contributed by atoms with Gasteiger partial charge in [0.05, 0.1) is 3.79 Å². The van der Waals surface area contributed by atoms with Crippen molar-refractivity contribution in [3.05, 3.63) is 44.6 Å². The molecule has 0 fully saturated rings. The molecule has 98 valence electrons. The largest absolute Gasteiger partial charge is 0.380 e. The molecular weight excluding hydrogens is 324 g/mol. The summed E-state index contributed by atoms with van der Waals surface area (Å²) in [6.07, 6.45) is 1.40. The van der Waals surface area contributed by atoms with Gasteiger partial charge in [-0.3, -0.25) is 4.79 Å². The summed E-state index contributed by atoms with van der Waals surface area (Å²) in [5.74, 6) is 0.108. The number of thiophene rings is 1. The van der Waals surface area contributed by atoms with E-state index >= 15 is 0 Å². The second kappa shape index (κ2) is 5.35. The maximum absolute atomic E-state index is 11.3. The molecule has 1 aromatic carbocycles. The smallest absolute Gasteiger partial charge is 0.224 e. The first-order chi connectivity index (χ1) is 9.20. The van der Waals surface area contributed by atoms with Gasteiger partial charge in [0.15, 0.2) is 0 Å². The van der Waals surface area contributed by atoms with E-state index in [1.165, 1.54) is 10.4 Å². The Kier molecular flexibility index (Phi) is 3.57. The number of carbonyl (C=O) groups is 1. The van der Waals surface area contributed by atoms with Crippen LogP contribution in [-0.4, -0.2) is 5.91 Å². The Morgan fingerprint density at radius 3 is 2.95 bits per heavy atom. The lowest BCUT2D eigenvalue weighted by molar-refractivity contribution is -0.116. The number of rotatable bonds is 3. The summed E-state index contributed by atoms with van der Waals surface area (Å²) in [7, 11) is 0. The zero-order valence-corrected chi connectivity index (χ0v) is 12.6. The standard InChI is InChI=1S/C14H13BrN2OS/c15-13-5-3-11(19-13)8-16-10-2-4-12-9(7-10)1-6-14(18)17-12/h2-5,7,16H,1,6,8H2,(H,17,18). The molecule has 0 saturated heterocycles. The number of anilines is 2. The van der Waals surface area contributed by atoms with Gasteiger partial charge in [0.25, 0.3) is 0 Å². The third-order valence-electron chi connectivity index (χ3n) is 3.10. The molecule has 2 heterocycles. The molecule has 0 radical (unpaired) electrons. The van der Waals surface area contributed by atoms with Crippen LogP contribution in [0.25, 0.3) is 0 Å². The second-order valence-electron chi connectivity index (χ2n) is 4.48. The van der Waals surface area contributed by atoms with Crippen LogP contribution in [0.5, 0.6) is 0 Å². The van der Waals surface area contributed by atoms with E-state index in [9.17, 15) is 4.79 Å². The monoisotopic (exact) mass is 336 g/mol. The molecule has 1 amide bonds. The molecule has 1 aliphatic rings. The average Bonchev–Trinajstić information content (AvgIpc) is 2.82. The van der Waals surface area contributed by atoms with Crippen molar-refractivity contribution >= 4 is 44.5 Å². The van der Waals surface area contributed by atoms with E-state index in [0.717, 1.165) is 28.1 Å². The fourth-order valence-electron chi connectivity index (χ4n) is 2.13. The maximum Gasteiger partial charge on any atom is 0.224 e. The summed E-state index contributed by atoms with van der Waals surface area (Å²) in [6, 6.07) is 10.3. The molecule has 1 aromatic heterocycles. The summed E-state index contributed by atoms with van der Waals surface area (Å²) in [5.41, 5.74) is 3.25. The Bertz CT molecular complexity index is 624. The van der Waals surface area contributed by atoms with Crippen LogP contribution < -0.4 is 10.6 Å². The highest BCUT2D eigenvalue weighted by Crippen LogP contribution is 2.27. The summed E-state index contributed by atoms with van der Waals surface area (Å²) >= 11 is 5.20. The van der Waals surface area contributed by atoms with E-state index in [1.54, 1.807) is 11.3 Å². The molecule has 0 saturated carbocycles. The topological polar surface area (TPSA) is 41.1 Å². The lowest BCUT2D eigenvalue weighted by Crippen LogP contribution is -2.18. The van der Waals surface area contributed by atoms with Gasteiger partial charge in [-0.15, -0.1) is 11.3 Å². The number of amides is 1. The third kappa shape index (κ3) is 2.98. The minimum absolute atomic E-state index is 0.108. The van der Waals surface area contributed by atoms with Crippen LogP contribution in [0.2, 0.25) is 0 Å². The van der Waals surface area contributed by atoms with Gasteiger partial charge >= 0.3 is 0 Å². The first kappa shape index (κ1) is 12.7. The molecule has 0 atom stereocenters. The molecule has 0 aliphatic carbocycles. The van der Waals surface area contributed by atoms with E-state index in [4.69, 9.17) is 0 Å². The van der Waals surface area contributed by atoms with Crippen LogP contribution in [0.3, 0.4) is 0 Å². The molecule has 2 N–H and O–H groups in total. The third-order valence-corrected chi connectivity index (χ3v) is 4.72. The summed E-state index contributed by atoms with van der Waals surface area (Å²) < 4.78 is 1.15. The fourth-order valence-corrected chi connectivity index (χ4v) is 3.55. The molecule has 1 aliphatic heterocycles. The minimum atomic E-state index is 0.108. The van der Waals surface area contributed by atoms with Crippen LogP contribution in [-0.2, 0) is 17.8 Å². The van der Waals surface area contributed by atoms with Crippen LogP contribution in [0.15, 0.2) is 34.1 Å². The van der Waals surface area contributed by atoms with Gasteiger partial charge in [0, 0.05) is 29.2 Å².